The van der Waals surface area contributed by atoms with E-state index in [1.165, 1.54) is 48.8 Å². The molecular formula is C19H27N3O4S. The Hall–Kier alpha value is -1.93. The molecule has 1 heterocycles. The van der Waals surface area contributed by atoms with Crippen molar-refractivity contribution in [1.29, 1.82) is 0 Å². The highest BCUT2D eigenvalue weighted by Crippen LogP contribution is 2.29. The first kappa shape index (κ1) is 19.8. The number of aromatic nitrogens is 2. The van der Waals surface area contributed by atoms with Gasteiger partial charge in [0.05, 0.1) is 15.8 Å². The predicted octanol–water partition coefficient (Wildman–Crippen LogP) is 2.21. The third kappa shape index (κ3) is 3.87. The SMILES string of the molecule is C[C@@H](CC1CCCCC1)N(C)S(=O)(=O)c1ccc2[nH]c(=O)n(C)c(=O)c2c1. The molecule has 0 radical (unpaired) electrons. The Kier molecular flexibility index (Phi) is 5.58. The standard InChI is InChI=1S/C19H27N3O4S/c1-13(11-14-7-5-4-6-8-14)22(3)27(25,26)15-9-10-17-16(12-15)18(23)21(2)19(24)20-17/h9-10,12-14H,4-8,11H2,1-3H3,(H,20,24)/t13-/m0/s1. The molecule has 0 bridgehead atoms. The summed E-state index contributed by atoms with van der Waals surface area (Å²) in [7, 11) is -0.771. The topological polar surface area (TPSA) is 92.2 Å². The minimum atomic E-state index is -3.73. The summed E-state index contributed by atoms with van der Waals surface area (Å²) in [5.41, 5.74) is -0.704. The molecule has 8 heteroatoms. The number of H-pyrrole nitrogens is 1. The lowest BCUT2D eigenvalue weighted by molar-refractivity contribution is 0.267. The predicted molar refractivity (Wildman–Crippen MR) is 105 cm³/mol. The van der Waals surface area contributed by atoms with E-state index in [0.29, 0.717) is 11.4 Å². The van der Waals surface area contributed by atoms with Gasteiger partial charge in [-0.3, -0.25) is 9.36 Å². The van der Waals surface area contributed by atoms with Crippen LogP contribution in [0.4, 0.5) is 0 Å². The fourth-order valence-electron chi connectivity index (χ4n) is 3.90. The highest BCUT2D eigenvalue weighted by Gasteiger charge is 2.28. The van der Waals surface area contributed by atoms with Crippen LogP contribution in [0.1, 0.15) is 45.4 Å². The number of rotatable bonds is 5. The Balaban J connectivity index is 1.91. The number of nitrogens with zero attached hydrogens (tertiary/aromatic N) is 2. The zero-order valence-corrected chi connectivity index (χ0v) is 16.9. The van der Waals surface area contributed by atoms with Crippen molar-refractivity contribution >= 4 is 20.9 Å². The van der Waals surface area contributed by atoms with E-state index in [4.69, 9.17) is 0 Å². The summed E-state index contributed by atoms with van der Waals surface area (Å²) in [5.74, 6) is 0.570. The minimum absolute atomic E-state index is 0.0668. The molecule has 1 saturated carbocycles. The fraction of sp³-hybridized carbons (Fsp3) is 0.579. The molecular weight excluding hydrogens is 366 g/mol. The van der Waals surface area contributed by atoms with Crippen molar-refractivity contribution in [3.8, 4) is 0 Å². The van der Waals surface area contributed by atoms with E-state index in [0.717, 1.165) is 23.8 Å². The van der Waals surface area contributed by atoms with Gasteiger partial charge >= 0.3 is 5.69 Å². The largest absolute Gasteiger partial charge is 0.328 e. The number of benzene rings is 1. The average molecular weight is 394 g/mol. The van der Waals surface area contributed by atoms with Crippen LogP contribution in [0.15, 0.2) is 32.7 Å². The van der Waals surface area contributed by atoms with Crippen molar-refractivity contribution < 1.29 is 8.42 Å². The van der Waals surface area contributed by atoms with Crippen LogP contribution >= 0.6 is 0 Å². The molecule has 1 aromatic carbocycles. The number of hydrogen-bond donors (Lipinski definition) is 1. The maximum absolute atomic E-state index is 13.1. The molecule has 1 N–H and O–H groups in total. The molecule has 148 valence electrons. The molecule has 0 aliphatic heterocycles. The normalized spacial score (nSPS) is 17.5. The van der Waals surface area contributed by atoms with Crippen LogP contribution < -0.4 is 11.2 Å². The summed E-state index contributed by atoms with van der Waals surface area (Å²) in [5, 5.41) is 0.187. The van der Waals surface area contributed by atoms with Gasteiger partial charge < -0.3 is 4.98 Å². The number of aromatic amines is 1. The summed E-state index contributed by atoms with van der Waals surface area (Å²) in [6.45, 7) is 1.93. The molecule has 1 fully saturated rings. The molecule has 3 rings (SSSR count). The number of fused-ring (bicyclic) bond motifs is 1. The number of nitrogens with one attached hydrogen (secondary N) is 1. The van der Waals surface area contributed by atoms with Gasteiger partial charge in [0, 0.05) is 20.1 Å². The van der Waals surface area contributed by atoms with Gasteiger partial charge in [-0.1, -0.05) is 32.1 Å². The Morgan fingerprint density at radius 1 is 1.22 bits per heavy atom. The molecule has 1 aliphatic rings. The minimum Gasteiger partial charge on any atom is -0.307 e. The van der Waals surface area contributed by atoms with Crippen molar-refractivity contribution in [3.05, 3.63) is 39.0 Å². The number of hydrogen-bond acceptors (Lipinski definition) is 4. The lowest BCUT2D eigenvalue weighted by atomic mass is 9.85. The van der Waals surface area contributed by atoms with E-state index in [1.807, 2.05) is 6.92 Å². The second-order valence-corrected chi connectivity index (χ2v) is 9.61. The third-order valence-electron chi connectivity index (χ3n) is 5.77. The monoisotopic (exact) mass is 393 g/mol. The maximum atomic E-state index is 13.1. The molecule has 1 atom stereocenters. The van der Waals surface area contributed by atoms with Gasteiger partial charge in [0.2, 0.25) is 10.0 Å². The van der Waals surface area contributed by atoms with Gasteiger partial charge in [-0.15, -0.1) is 0 Å². The van der Waals surface area contributed by atoms with Crippen LogP contribution in [-0.2, 0) is 17.1 Å². The lowest BCUT2D eigenvalue weighted by Crippen LogP contribution is -2.37. The van der Waals surface area contributed by atoms with E-state index in [1.54, 1.807) is 7.05 Å². The third-order valence-corrected chi connectivity index (χ3v) is 7.74. The Morgan fingerprint density at radius 3 is 2.56 bits per heavy atom. The van der Waals surface area contributed by atoms with E-state index in [-0.39, 0.29) is 16.3 Å². The van der Waals surface area contributed by atoms with E-state index in [9.17, 15) is 18.0 Å². The van der Waals surface area contributed by atoms with Crippen LogP contribution in [-0.4, -0.2) is 35.4 Å². The Morgan fingerprint density at radius 2 is 1.89 bits per heavy atom. The second kappa shape index (κ2) is 7.59. The zero-order chi connectivity index (χ0) is 19.8. The summed E-state index contributed by atoms with van der Waals surface area (Å²) in [6, 6.07) is 4.15. The van der Waals surface area contributed by atoms with E-state index >= 15 is 0 Å². The molecule has 27 heavy (non-hydrogen) atoms. The molecule has 1 aliphatic carbocycles. The van der Waals surface area contributed by atoms with Crippen LogP contribution in [0.3, 0.4) is 0 Å². The average Bonchev–Trinajstić information content (AvgIpc) is 2.66. The maximum Gasteiger partial charge on any atom is 0.328 e. The molecule has 0 spiro atoms. The number of sulfonamides is 1. The van der Waals surface area contributed by atoms with Crippen LogP contribution in [0.5, 0.6) is 0 Å². The van der Waals surface area contributed by atoms with Gasteiger partial charge in [-0.25, -0.2) is 13.2 Å². The summed E-state index contributed by atoms with van der Waals surface area (Å²) in [4.78, 5) is 26.7. The van der Waals surface area contributed by atoms with Crippen LogP contribution in [0.25, 0.3) is 10.9 Å². The summed E-state index contributed by atoms with van der Waals surface area (Å²) in [6.07, 6.45) is 6.89. The first-order valence-electron chi connectivity index (χ1n) is 9.43. The van der Waals surface area contributed by atoms with Gasteiger partial charge in [0.25, 0.3) is 5.56 Å². The van der Waals surface area contributed by atoms with Gasteiger partial charge in [0.15, 0.2) is 0 Å². The van der Waals surface area contributed by atoms with Gasteiger partial charge in [-0.2, -0.15) is 4.31 Å². The van der Waals surface area contributed by atoms with E-state index in [2.05, 4.69) is 4.98 Å². The summed E-state index contributed by atoms with van der Waals surface area (Å²) < 4.78 is 28.5. The van der Waals surface area contributed by atoms with Crippen LogP contribution in [0.2, 0.25) is 0 Å². The van der Waals surface area contributed by atoms with Crippen molar-refractivity contribution in [3.63, 3.8) is 0 Å². The Bertz CT molecular complexity index is 1050. The Labute approximate surface area is 159 Å². The van der Waals surface area contributed by atoms with Crippen molar-refractivity contribution in [2.45, 2.75) is 56.4 Å². The molecule has 1 aromatic heterocycles. The second-order valence-electron chi connectivity index (χ2n) is 7.61. The molecule has 0 saturated heterocycles. The molecule has 7 nitrogen and oxygen atoms in total. The molecule has 0 unspecified atom stereocenters. The molecule has 0 amide bonds. The van der Waals surface area contributed by atoms with Crippen molar-refractivity contribution in [1.82, 2.24) is 13.9 Å². The fourth-order valence-corrected chi connectivity index (χ4v) is 5.30. The smallest absolute Gasteiger partial charge is 0.307 e. The van der Waals surface area contributed by atoms with Gasteiger partial charge in [0.1, 0.15) is 0 Å². The van der Waals surface area contributed by atoms with E-state index < -0.39 is 21.3 Å². The quantitative estimate of drug-likeness (QED) is 0.843. The highest BCUT2D eigenvalue weighted by molar-refractivity contribution is 7.89. The lowest BCUT2D eigenvalue weighted by Gasteiger charge is -2.29. The highest BCUT2D eigenvalue weighted by atomic mass is 32.2. The summed E-state index contributed by atoms with van der Waals surface area (Å²) >= 11 is 0. The first-order valence-corrected chi connectivity index (χ1v) is 10.9. The first-order chi connectivity index (χ1) is 12.7. The van der Waals surface area contributed by atoms with Crippen molar-refractivity contribution in [2.75, 3.05) is 7.05 Å². The van der Waals surface area contributed by atoms with Crippen LogP contribution in [0, 0.1) is 5.92 Å². The van der Waals surface area contributed by atoms with Gasteiger partial charge in [-0.05, 0) is 37.5 Å². The van der Waals surface area contributed by atoms with Crippen molar-refractivity contribution in [2.24, 2.45) is 13.0 Å². The molecule has 2 aromatic rings. The zero-order valence-electron chi connectivity index (χ0n) is 16.1.